The molecule has 1 unspecified atom stereocenters. The maximum atomic E-state index is 12.1. The SMILES string of the molecule is CC1CC(=O)[C@@]2(C[C@H]3CC[C@@H]2C3)C1=O. The van der Waals surface area contributed by atoms with Gasteiger partial charge in [0.25, 0.3) is 0 Å². The van der Waals surface area contributed by atoms with Crippen LogP contribution in [0.3, 0.4) is 0 Å². The van der Waals surface area contributed by atoms with Gasteiger partial charge in [0.15, 0.2) is 0 Å². The van der Waals surface area contributed by atoms with E-state index in [4.69, 9.17) is 0 Å². The highest BCUT2D eigenvalue weighted by atomic mass is 16.2. The van der Waals surface area contributed by atoms with Crippen LogP contribution in [-0.2, 0) is 9.59 Å². The summed E-state index contributed by atoms with van der Waals surface area (Å²) in [5.41, 5.74) is -0.484. The normalized spacial score (nSPS) is 51.1. The van der Waals surface area contributed by atoms with Crippen LogP contribution in [0.5, 0.6) is 0 Å². The average Bonchev–Trinajstić information content (AvgIpc) is 2.79. The molecule has 0 aliphatic heterocycles. The Morgan fingerprint density at radius 2 is 2.07 bits per heavy atom. The summed E-state index contributed by atoms with van der Waals surface area (Å²) in [6.07, 6.45) is 4.92. The van der Waals surface area contributed by atoms with Crippen molar-refractivity contribution >= 4 is 11.6 Å². The van der Waals surface area contributed by atoms with Crippen LogP contribution < -0.4 is 0 Å². The second kappa shape index (κ2) is 2.47. The predicted molar refractivity (Wildman–Crippen MR) is 51.7 cm³/mol. The fourth-order valence-electron chi connectivity index (χ4n) is 4.10. The van der Waals surface area contributed by atoms with Crippen LogP contribution >= 0.6 is 0 Å². The van der Waals surface area contributed by atoms with E-state index in [2.05, 4.69) is 0 Å². The molecule has 0 aromatic rings. The first-order valence-electron chi connectivity index (χ1n) is 5.72. The van der Waals surface area contributed by atoms with E-state index in [9.17, 15) is 9.59 Å². The van der Waals surface area contributed by atoms with Gasteiger partial charge in [0.2, 0.25) is 0 Å². The lowest BCUT2D eigenvalue weighted by Crippen LogP contribution is -2.39. The van der Waals surface area contributed by atoms with E-state index in [0.29, 0.717) is 18.3 Å². The largest absolute Gasteiger partial charge is 0.299 e. The average molecular weight is 192 g/mol. The standard InChI is InChI=1S/C12H16O2/c1-7-4-10(13)12(11(7)14)6-8-2-3-9(12)5-8/h7-9H,2-6H2,1H3/t7?,8-,9+,12-/m0/s1. The van der Waals surface area contributed by atoms with Gasteiger partial charge in [-0.05, 0) is 31.1 Å². The molecular formula is C12H16O2. The molecule has 0 N–H and O–H groups in total. The van der Waals surface area contributed by atoms with Gasteiger partial charge in [-0.15, -0.1) is 0 Å². The highest BCUT2D eigenvalue weighted by molar-refractivity contribution is 6.14. The lowest BCUT2D eigenvalue weighted by atomic mass is 9.70. The lowest BCUT2D eigenvalue weighted by molar-refractivity contribution is -0.139. The van der Waals surface area contributed by atoms with E-state index in [0.717, 1.165) is 19.3 Å². The van der Waals surface area contributed by atoms with Gasteiger partial charge in [0.05, 0.1) is 5.41 Å². The molecule has 2 heteroatoms. The van der Waals surface area contributed by atoms with E-state index in [-0.39, 0.29) is 17.5 Å². The summed E-state index contributed by atoms with van der Waals surface area (Å²) in [6, 6.07) is 0. The topological polar surface area (TPSA) is 34.1 Å². The van der Waals surface area contributed by atoms with Crippen molar-refractivity contribution in [1.29, 1.82) is 0 Å². The highest BCUT2D eigenvalue weighted by Crippen LogP contribution is 2.60. The number of carbonyl (C=O) groups is 2. The van der Waals surface area contributed by atoms with Crippen molar-refractivity contribution in [1.82, 2.24) is 0 Å². The zero-order chi connectivity index (χ0) is 9.92. The van der Waals surface area contributed by atoms with Crippen molar-refractivity contribution in [2.45, 2.75) is 39.0 Å². The maximum absolute atomic E-state index is 12.1. The molecule has 0 aromatic heterocycles. The second-order valence-electron chi connectivity index (χ2n) is 5.44. The summed E-state index contributed by atoms with van der Waals surface area (Å²) < 4.78 is 0. The number of ketones is 2. The minimum absolute atomic E-state index is 0.00171. The molecule has 1 spiro atoms. The van der Waals surface area contributed by atoms with E-state index >= 15 is 0 Å². The van der Waals surface area contributed by atoms with Crippen LogP contribution in [0.25, 0.3) is 0 Å². The first kappa shape index (κ1) is 8.63. The van der Waals surface area contributed by atoms with Crippen molar-refractivity contribution < 1.29 is 9.59 Å². The molecule has 3 aliphatic rings. The Kier molecular flexibility index (Phi) is 1.52. The summed E-state index contributed by atoms with van der Waals surface area (Å²) >= 11 is 0. The smallest absolute Gasteiger partial charge is 0.149 e. The number of carbonyl (C=O) groups excluding carboxylic acids is 2. The first-order chi connectivity index (χ1) is 6.64. The van der Waals surface area contributed by atoms with Crippen molar-refractivity contribution in [3.05, 3.63) is 0 Å². The molecule has 0 radical (unpaired) electrons. The predicted octanol–water partition coefficient (Wildman–Crippen LogP) is 1.97. The Morgan fingerprint density at radius 3 is 2.50 bits per heavy atom. The molecule has 14 heavy (non-hydrogen) atoms. The molecule has 4 atom stereocenters. The van der Waals surface area contributed by atoms with E-state index in [1.807, 2.05) is 6.92 Å². The second-order valence-corrected chi connectivity index (χ2v) is 5.44. The molecule has 3 fully saturated rings. The summed E-state index contributed by atoms with van der Waals surface area (Å²) in [4.78, 5) is 24.1. The van der Waals surface area contributed by atoms with Crippen molar-refractivity contribution in [3.63, 3.8) is 0 Å². The Labute approximate surface area is 84.1 Å². The van der Waals surface area contributed by atoms with E-state index in [1.165, 1.54) is 6.42 Å². The molecule has 3 aliphatic carbocycles. The Morgan fingerprint density at radius 1 is 1.29 bits per heavy atom. The third kappa shape index (κ3) is 0.783. The summed E-state index contributed by atoms with van der Waals surface area (Å²) in [5.74, 6) is 1.63. The minimum atomic E-state index is -0.484. The van der Waals surface area contributed by atoms with Gasteiger partial charge in [0, 0.05) is 12.3 Å². The fraction of sp³-hybridized carbons (Fsp3) is 0.833. The number of Topliss-reactive ketones (excluding diaryl/α,β-unsaturated/α-hetero) is 2. The molecule has 2 nitrogen and oxygen atoms in total. The lowest BCUT2D eigenvalue weighted by Gasteiger charge is -2.30. The van der Waals surface area contributed by atoms with Crippen LogP contribution in [0.15, 0.2) is 0 Å². The molecule has 0 heterocycles. The molecule has 76 valence electrons. The third-order valence-electron chi connectivity index (χ3n) is 4.73. The number of fused-ring (bicyclic) bond motifs is 3. The van der Waals surface area contributed by atoms with Gasteiger partial charge in [0.1, 0.15) is 11.6 Å². The molecule has 0 saturated heterocycles. The zero-order valence-electron chi connectivity index (χ0n) is 8.58. The van der Waals surface area contributed by atoms with Crippen molar-refractivity contribution in [2.75, 3.05) is 0 Å². The molecule has 3 saturated carbocycles. The summed E-state index contributed by atoms with van der Waals surface area (Å²) in [6.45, 7) is 1.92. The Bertz CT molecular complexity index is 320. The summed E-state index contributed by atoms with van der Waals surface area (Å²) in [5, 5.41) is 0. The van der Waals surface area contributed by atoms with E-state index < -0.39 is 5.41 Å². The zero-order valence-corrected chi connectivity index (χ0v) is 8.58. The number of hydrogen-bond acceptors (Lipinski definition) is 2. The van der Waals surface area contributed by atoms with E-state index in [1.54, 1.807) is 0 Å². The first-order valence-corrected chi connectivity index (χ1v) is 5.72. The van der Waals surface area contributed by atoms with Crippen molar-refractivity contribution in [3.8, 4) is 0 Å². The third-order valence-corrected chi connectivity index (χ3v) is 4.73. The fourth-order valence-corrected chi connectivity index (χ4v) is 4.10. The summed E-state index contributed by atoms with van der Waals surface area (Å²) in [7, 11) is 0. The van der Waals surface area contributed by atoms with Crippen LogP contribution in [0, 0.1) is 23.2 Å². The quantitative estimate of drug-likeness (QED) is 0.550. The number of hydrogen-bond donors (Lipinski definition) is 0. The van der Waals surface area contributed by atoms with Gasteiger partial charge in [-0.25, -0.2) is 0 Å². The van der Waals surface area contributed by atoms with Gasteiger partial charge < -0.3 is 0 Å². The molecule has 3 rings (SSSR count). The van der Waals surface area contributed by atoms with Crippen molar-refractivity contribution in [2.24, 2.45) is 23.2 Å². The highest BCUT2D eigenvalue weighted by Gasteiger charge is 2.63. The monoisotopic (exact) mass is 192 g/mol. The van der Waals surface area contributed by atoms with Crippen LogP contribution in [0.4, 0.5) is 0 Å². The Hall–Kier alpha value is -0.660. The number of rotatable bonds is 0. The van der Waals surface area contributed by atoms with Gasteiger partial charge in [-0.3, -0.25) is 9.59 Å². The minimum Gasteiger partial charge on any atom is -0.299 e. The van der Waals surface area contributed by atoms with Crippen LogP contribution in [0.2, 0.25) is 0 Å². The molecule has 2 bridgehead atoms. The van der Waals surface area contributed by atoms with Crippen LogP contribution in [0.1, 0.15) is 39.0 Å². The maximum Gasteiger partial charge on any atom is 0.149 e. The molecule has 0 amide bonds. The van der Waals surface area contributed by atoms with Crippen LogP contribution in [-0.4, -0.2) is 11.6 Å². The van der Waals surface area contributed by atoms with Gasteiger partial charge in [-0.1, -0.05) is 13.3 Å². The molecule has 0 aromatic carbocycles. The van der Waals surface area contributed by atoms with Gasteiger partial charge >= 0.3 is 0 Å². The van der Waals surface area contributed by atoms with Gasteiger partial charge in [-0.2, -0.15) is 0 Å². The Balaban J connectivity index is 2.04. The molecular weight excluding hydrogens is 176 g/mol.